The Hall–Kier alpha value is -2.93. The van der Waals surface area contributed by atoms with Crippen LogP contribution in [0.2, 0.25) is 0 Å². The SMILES string of the molecule is COCCCNc1nccc(C(=O)NCCc2c[nH]c3ccccc23)n1. The van der Waals surface area contributed by atoms with E-state index in [1.165, 1.54) is 10.9 Å². The van der Waals surface area contributed by atoms with Gasteiger partial charge in [-0.3, -0.25) is 4.79 Å². The molecule has 136 valence electrons. The van der Waals surface area contributed by atoms with E-state index in [0.717, 1.165) is 18.4 Å². The fourth-order valence-corrected chi connectivity index (χ4v) is 2.73. The highest BCUT2D eigenvalue weighted by molar-refractivity contribution is 5.92. The molecule has 0 saturated carbocycles. The zero-order valence-electron chi connectivity index (χ0n) is 14.8. The fourth-order valence-electron chi connectivity index (χ4n) is 2.73. The topological polar surface area (TPSA) is 91.9 Å². The fraction of sp³-hybridized carbons (Fsp3) is 0.316. The predicted molar refractivity (Wildman–Crippen MR) is 101 cm³/mol. The van der Waals surface area contributed by atoms with Crippen LogP contribution < -0.4 is 10.6 Å². The van der Waals surface area contributed by atoms with Crippen molar-refractivity contribution in [3.05, 3.63) is 54.0 Å². The Kier molecular flexibility index (Phi) is 6.16. The van der Waals surface area contributed by atoms with Gasteiger partial charge >= 0.3 is 0 Å². The van der Waals surface area contributed by atoms with Gasteiger partial charge in [-0.25, -0.2) is 9.97 Å². The number of amides is 1. The molecule has 2 heterocycles. The number of nitrogens with one attached hydrogen (secondary N) is 3. The van der Waals surface area contributed by atoms with E-state index in [1.807, 2.05) is 24.4 Å². The van der Waals surface area contributed by atoms with Crippen LogP contribution in [-0.4, -0.2) is 47.7 Å². The summed E-state index contributed by atoms with van der Waals surface area (Å²) in [5.41, 5.74) is 2.64. The highest BCUT2D eigenvalue weighted by Crippen LogP contribution is 2.17. The van der Waals surface area contributed by atoms with Gasteiger partial charge in [0.15, 0.2) is 0 Å². The summed E-state index contributed by atoms with van der Waals surface area (Å²) in [4.78, 5) is 23.9. The summed E-state index contributed by atoms with van der Waals surface area (Å²) in [5, 5.41) is 7.19. The lowest BCUT2D eigenvalue weighted by molar-refractivity contribution is 0.0949. The van der Waals surface area contributed by atoms with Crippen molar-refractivity contribution in [1.29, 1.82) is 0 Å². The average Bonchev–Trinajstić information content (AvgIpc) is 3.09. The van der Waals surface area contributed by atoms with Crippen LogP contribution in [0, 0.1) is 0 Å². The molecule has 0 spiro atoms. The number of hydrogen-bond acceptors (Lipinski definition) is 5. The largest absolute Gasteiger partial charge is 0.385 e. The number of rotatable bonds is 9. The molecule has 7 nitrogen and oxygen atoms in total. The Morgan fingerprint density at radius 1 is 1.23 bits per heavy atom. The number of H-pyrrole nitrogens is 1. The number of ether oxygens (including phenoxy) is 1. The second kappa shape index (κ2) is 8.96. The summed E-state index contributed by atoms with van der Waals surface area (Å²) in [6.45, 7) is 1.90. The van der Waals surface area contributed by atoms with E-state index in [-0.39, 0.29) is 5.91 Å². The summed E-state index contributed by atoms with van der Waals surface area (Å²) in [5.74, 6) is 0.248. The van der Waals surface area contributed by atoms with Crippen LogP contribution >= 0.6 is 0 Å². The van der Waals surface area contributed by atoms with Crippen molar-refractivity contribution in [2.45, 2.75) is 12.8 Å². The van der Waals surface area contributed by atoms with E-state index in [2.05, 4.69) is 31.7 Å². The van der Waals surface area contributed by atoms with Crippen molar-refractivity contribution in [1.82, 2.24) is 20.3 Å². The molecule has 7 heteroatoms. The second-order valence-electron chi connectivity index (χ2n) is 5.90. The van der Waals surface area contributed by atoms with Gasteiger partial charge in [-0.15, -0.1) is 0 Å². The summed E-state index contributed by atoms with van der Waals surface area (Å²) in [7, 11) is 1.66. The van der Waals surface area contributed by atoms with Crippen LogP contribution in [0.25, 0.3) is 10.9 Å². The number of carbonyl (C=O) groups is 1. The van der Waals surface area contributed by atoms with Gasteiger partial charge in [0.1, 0.15) is 5.69 Å². The average molecular weight is 353 g/mol. The third-order valence-electron chi connectivity index (χ3n) is 4.05. The molecule has 1 amide bonds. The molecule has 3 rings (SSSR count). The third kappa shape index (κ3) is 4.58. The van der Waals surface area contributed by atoms with Gasteiger partial charge < -0.3 is 20.4 Å². The number of anilines is 1. The zero-order valence-corrected chi connectivity index (χ0v) is 14.8. The van der Waals surface area contributed by atoms with E-state index in [9.17, 15) is 4.79 Å². The Bertz CT molecular complexity index is 862. The molecule has 2 aromatic heterocycles. The van der Waals surface area contributed by atoms with Crippen molar-refractivity contribution in [2.24, 2.45) is 0 Å². The molecule has 3 aromatic rings. The maximum atomic E-state index is 12.3. The minimum Gasteiger partial charge on any atom is -0.385 e. The maximum Gasteiger partial charge on any atom is 0.270 e. The summed E-state index contributed by atoms with van der Waals surface area (Å²) >= 11 is 0. The zero-order chi connectivity index (χ0) is 18.2. The quantitative estimate of drug-likeness (QED) is 0.514. The first-order valence-electron chi connectivity index (χ1n) is 8.67. The van der Waals surface area contributed by atoms with E-state index < -0.39 is 0 Å². The highest BCUT2D eigenvalue weighted by atomic mass is 16.5. The van der Waals surface area contributed by atoms with Crippen LogP contribution in [0.4, 0.5) is 5.95 Å². The summed E-state index contributed by atoms with van der Waals surface area (Å²) in [6, 6.07) is 9.75. The van der Waals surface area contributed by atoms with E-state index >= 15 is 0 Å². The molecule has 0 bridgehead atoms. The van der Waals surface area contributed by atoms with Crippen LogP contribution in [0.3, 0.4) is 0 Å². The third-order valence-corrected chi connectivity index (χ3v) is 4.05. The molecule has 0 radical (unpaired) electrons. The minimum atomic E-state index is -0.202. The molecule has 0 atom stereocenters. The van der Waals surface area contributed by atoms with E-state index in [1.54, 1.807) is 19.4 Å². The number of fused-ring (bicyclic) bond motifs is 1. The van der Waals surface area contributed by atoms with Crippen molar-refractivity contribution < 1.29 is 9.53 Å². The molecule has 0 saturated heterocycles. The van der Waals surface area contributed by atoms with Gasteiger partial charge in [-0.1, -0.05) is 18.2 Å². The van der Waals surface area contributed by atoms with Gasteiger partial charge in [0.05, 0.1) is 0 Å². The number of para-hydroxylation sites is 1. The maximum absolute atomic E-state index is 12.3. The molecule has 0 aliphatic carbocycles. The molecule has 3 N–H and O–H groups in total. The van der Waals surface area contributed by atoms with Crippen molar-refractivity contribution >= 4 is 22.8 Å². The van der Waals surface area contributed by atoms with E-state index in [0.29, 0.717) is 31.3 Å². The summed E-state index contributed by atoms with van der Waals surface area (Å²) < 4.78 is 5.00. The number of benzene rings is 1. The number of methoxy groups -OCH3 is 1. The van der Waals surface area contributed by atoms with Crippen molar-refractivity contribution in [2.75, 3.05) is 32.1 Å². The van der Waals surface area contributed by atoms with Gasteiger partial charge in [-0.2, -0.15) is 0 Å². The van der Waals surface area contributed by atoms with E-state index in [4.69, 9.17) is 4.74 Å². The van der Waals surface area contributed by atoms with Gasteiger partial charge in [0.25, 0.3) is 5.91 Å². The number of carbonyl (C=O) groups excluding carboxylic acids is 1. The van der Waals surface area contributed by atoms with Gasteiger partial charge in [0.2, 0.25) is 5.95 Å². The Morgan fingerprint density at radius 3 is 3.00 bits per heavy atom. The van der Waals surface area contributed by atoms with Crippen LogP contribution in [0.1, 0.15) is 22.5 Å². The van der Waals surface area contributed by atoms with Crippen LogP contribution in [-0.2, 0) is 11.2 Å². The first kappa shape index (κ1) is 17.9. The molecule has 1 aromatic carbocycles. The Balaban J connectivity index is 1.51. The van der Waals surface area contributed by atoms with Crippen LogP contribution in [0.5, 0.6) is 0 Å². The van der Waals surface area contributed by atoms with Crippen molar-refractivity contribution in [3.8, 4) is 0 Å². The molecule has 0 unspecified atom stereocenters. The normalized spacial score (nSPS) is 10.8. The Labute approximate surface area is 152 Å². The summed E-state index contributed by atoms with van der Waals surface area (Å²) in [6.07, 6.45) is 5.17. The first-order valence-corrected chi connectivity index (χ1v) is 8.67. The van der Waals surface area contributed by atoms with Crippen LogP contribution in [0.15, 0.2) is 42.7 Å². The number of nitrogens with zero attached hydrogens (tertiary/aromatic N) is 2. The second-order valence-corrected chi connectivity index (χ2v) is 5.90. The lowest BCUT2D eigenvalue weighted by Gasteiger charge is -2.07. The highest BCUT2D eigenvalue weighted by Gasteiger charge is 2.09. The molecule has 0 aliphatic rings. The number of aromatic nitrogens is 3. The van der Waals surface area contributed by atoms with Crippen molar-refractivity contribution in [3.63, 3.8) is 0 Å². The lowest BCUT2D eigenvalue weighted by atomic mass is 10.1. The molecule has 26 heavy (non-hydrogen) atoms. The smallest absolute Gasteiger partial charge is 0.270 e. The lowest BCUT2D eigenvalue weighted by Crippen LogP contribution is -2.27. The number of hydrogen-bond donors (Lipinski definition) is 3. The number of aromatic amines is 1. The standard InChI is InChI=1S/C19H23N5O2/c1-26-12-4-9-21-19-22-11-8-17(24-19)18(25)20-10-7-14-13-23-16-6-3-2-5-15(14)16/h2-3,5-6,8,11,13,23H,4,7,9-10,12H2,1H3,(H,20,25)(H,21,22,24). The monoisotopic (exact) mass is 353 g/mol. The van der Waals surface area contributed by atoms with Gasteiger partial charge in [0, 0.05) is 50.1 Å². The molecule has 0 aliphatic heterocycles. The molecular formula is C19H23N5O2. The first-order chi connectivity index (χ1) is 12.8. The predicted octanol–water partition coefficient (Wildman–Crippen LogP) is 2.38. The van der Waals surface area contributed by atoms with Gasteiger partial charge in [-0.05, 0) is 30.5 Å². The minimum absolute atomic E-state index is 0.202. The molecule has 0 fully saturated rings. The molecular weight excluding hydrogens is 330 g/mol. The Morgan fingerprint density at radius 2 is 2.12 bits per heavy atom.